The van der Waals surface area contributed by atoms with Gasteiger partial charge >= 0.3 is 0 Å². The number of carbonyl (C=O) groups excluding carboxylic acids is 2. The molecule has 7 heteroatoms. The van der Waals surface area contributed by atoms with Crippen molar-refractivity contribution >= 4 is 17.5 Å². The van der Waals surface area contributed by atoms with Gasteiger partial charge in [0.05, 0.1) is 17.5 Å². The van der Waals surface area contributed by atoms with Gasteiger partial charge in [-0.15, -0.1) is 0 Å². The molecule has 2 amide bonds. The molecule has 0 radical (unpaired) electrons. The molecule has 7 nitrogen and oxygen atoms in total. The van der Waals surface area contributed by atoms with Crippen molar-refractivity contribution in [3.63, 3.8) is 0 Å². The van der Waals surface area contributed by atoms with Gasteiger partial charge in [-0.3, -0.25) is 14.5 Å². The highest BCUT2D eigenvalue weighted by atomic mass is 16.6. The molecule has 150 valence electrons. The minimum atomic E-state index is -0.525. The molecule has 2 heterocycles. The maximum absolute atomic E-state index is 13.2. The van der Waals surface area contributed by atoms with E-state index in [0.29, 0.717) is 5.75 Å². The monoisotopic (exact) mass is 393 g/mol. The van der Waals surface area contributed by atoms with E-state index in [1.807, 2.05) is 51.1 Å². The standard InChI is InChI=1S/C22H23N3O4/c1-22(2,3)25-20(26)15-12-10-13(16(15)21(25)27)19-17(12)18(24-29-19)11-6-4-5-7-14(11)28-9-8-23/h4-7,12-13,15-17,19H,9-10H2,1-3H3/t12-,13+,15-,16+,17-,19-/m1/s1. The normalized spacial score (nSPS) is 34.6. The van der Waals surface area contributed by atoms with E-state index in [1.165, 1.54) is 4.90 Å². The number of amides is 2. The summed E-state index contributed by atoms with van der Waals surface area (Å²) in [6, 6.07) is 9.45. The first-order valence-electron chi connectivity index (χ1n) is 10.1. The van der Waals surface area contributed by atoms with Gasteiger partial charge in [0.15, 0.2) is 6.61 Å². The summed E-state index contributed by atoms with van der Waals surface area (Å²) in [5, 5.41) is 13.2. The van der Waals surface area contributed by atoms with Crippen molar-refractivity contribution in [3.8, 4) is 11.8 Å². The maximum atomic E-state index is 13.2. The van der Waals surface area contributed by atoms with Crippen LogP contribution in [-0.2, 0) is 14.4 Å². The highest BCUT2D eigenvalue weighted by molar-refractivity contribution is 6.10. The molecule has 29 heavy (non-hydrogen) atoms. The van der Waals surface area contributed by atoms with E-state index < -0.39 is 5.54 Å². The van der Waals surface area contributed by atoms with Crippen molar-refractivity contribution in [2.75, 3.05) is 6.61 Å². The van der Waals surface area contributed by atoms with Crippen LogP contribution in [0.5, 0.6) is 5.75 Å². The number of likely N-dealkylation sites (tertiary alicyclic amines) is 1. The highest BCUT2D eigenvalue weighted by Crippen LogP contribution is 2.62. The van der Waals surface area contributed by atoms with E-state index in [4.69, 9.17) is 14.8 Å². The molecule has 0 aromatic heterocycles. The van der Waals surface area contributed by atoms with Gasteiger partial charge in [-0.25, -0.2) is 0 Å². The first-order valence-corrected chi connectivity index (χ1v) is 10.1. The maximum Gasteiger partial charge on any atom is 0.234 e. The fourth-order valence-electron chi connectivity index (χ4n) is 5.92. The minimum Gasteiger partial charge on any atom is -0.478 e. The van der Waals surface area contributed by atoms with Crippen molar-refractivity contribution in [2.45, 2.75) is 38.8 Å². The largest absolute Gasteiger partial charge is 0.478 e. The van der Waals surface area contributed by atoms with Gasteiger partial charge in [0.2, 0.25) is 11.8 Å². The lowest BCUT2D eigenvalue weighted by Crippen LogP contribution is -2.46. The second kappa shape index (κ2) is 6.06. The summed E-state index contributed by atoms with van der Waals surface area (Å²) in [6.07, 6.45) is 0.623. The summed E-state index contributed by atoms with van der Waals surface area (Å²) >= 11 is 0. The van der Waals surface area contributed by atoms with E-state index in [9.17, 15) is 9.59 Å². The molecule has 5 rings (SSSR count). The van der Waals surface area contributed by atoms with Crippen LogP contribution in [0.25, 0.3) is 0 Å². The molecule has 0 N–H and O–H groups in total. The molecule has 0 spiro atoms. The van der Waals surface area contributed by atoms with Crippen LogP contribution in [0.3, 0.4) is 0 Å². The molecule has 6 atom stereocenters. The number of hydrogen-bond donors (Lipinski definition) is 0. The van der Waals surface area contributed by atoms with Gasteiger partial charge in [-0.2, -0.15) is 5.26 Å². The number of oxime groups is 1. The Labute approximate surface area is 169 Å². The quantitative estimate of drug-likeness (QED) is 0.735. The van der Waals surface area contributed by atoms with Crippen molar-refractivity contribution in [1.82, 2.24) is 4.90 Å². The van der Waals surface area contributed by atoms with Crippen LogP contribution in [0.1, 0.15) is 32.8 Å². The van der Waals surface area contributed by atoms with Crippen LogP contribution < -0.4 is 4.74 Å². The number of rotatable bonds is 3. The first-order chi connectivity index (χ1) is 13.8. The van der Waals surface area contributed by atoms with Crippen LogP contribution in [0.4, 0.5) is 0 Å². The lowest BCUT2D eigenvalue weighted by molar-refractivity contribution is -0.146. The SMILES string of the molecule is CC(C)(C)N1C(=O)[C@@H]2[C@H]3C[C@H]([C@H]4ON=C(c5ccccc5OCC#N)[C@@H]34)[C@@H]2C1=O. The van der Waals surface area contributed by atoms with Crippen molar-refractivity contribution in [1.29, 1.82) is 5.26 Å². The number of ether oxygens (including phenoxy) is 1. The fourth-order valence-corrected chi connectivity index (χ4v) is 5.92. The number of nitriles is 1. The van der Waals surface area contributed by atoms with E-state index in [2.05, 4.69) is 5.16 Å². The van der Waals surface area contributed by atoms with Crippen molar-refractivity contribution in [3.05, 3.63) is 29.8 Å². The number of nitrogens with zero attached hydrogens (tertiary/aromatic N) is 3. The van der Waals surface area contributed by atoms with Gasteiger partial charge in [0.1, 0.15) is 17.9 Å². The summed E-state index contributed by atoms with van der Waals surface area (Å²) in [5.41, 5.74) is 1.04. The molecule has 4 aliphatic rings. The molecule has 1 saturated heterocycles. The minimum absolute atomic E-state index is 0.00670. The third-order valence-electron chi connectivity index (χ3n) is 6.82. The van der Waals surface area contributed by atoms with E-state index in [-0.39, 0.29) is 54.1 Å². The molecule has 1 aromatic carbocycles. The molecule has 0 unspecified atom stereocenters. The molecule has 2 bridgehead atoms. The Bertz CT molecular complexity index is 973. The Hall–Kier alpha value is -2.88. The smallest absolute Gasteiger partial charge is 0.234 e. The topological polar surface area (TPSA) is 92.0 Å². The second-order valence-corrected chi connectivity index (χ2v) is 9.31. The summed E-state index contributed by atoms with van der Waals surface area (Å²) < 4.78 is 5.59. The van der Waals surface area contributed by atoms with Gasteiger partial charge in [-0.05, 0) is 45.2 Å². The lowest BCUT2D eigenvalue weighted by Gasteiger charge is -2.31. The van der Waals surface area contributed by atoms with Gasteiger partial charge in [-0.1, -0.05) is 17.3 Å². The number of carbonyl (C=O) groups is 2. The Balaban J connectivity index is 1.49. The molecule has 2 aliphatic carbocycles. The van der Waals surface area contributed by atoms with Crippen LogP contribution in [-0.4, -0.2) is 40.7 Å². The third-order valence-corrected chi connectivity index (χ3v) is 6.82. The zero-order valence-electron chi connectivity index (χ0n) is 16.7. The van der Waals surface area contributed by atoms with Crippen LogP contribution in [0.2, 0.25) is 0 Å². The molecule has 2 aliphatic heterocycles. The van der Waals surface area contributed by atoms with Gasteiger partial charge < -0.3 is 9.57 Å². The Morgan fingerprint density at radius 1 is 1.17 bits per heavy atom. The number of benzene rings is 1. The predicted octanol–water partition coefficient (Wildman–Crippen LogP) is 2.36. The Morgan fingerprint density at radius 3 is 2.55 bits per heavy atom. The average molecular weight is 393 g/mol. The van der Waals surface area contributed by atoms with E-state index in [0.717, 1.165) is 17.7 Å². The predicted molar refractivity (Wildman–Crippen MR) is 103 cm³/mol. The Morgan fingerprint density at radius 2 is 1.86 bits per heavy atom. The van der Waals surface area contributed by atoms with E-state index >= 15 is 0 Å². The molecule has 3 fully saturated rings. The van der Waals surface area contributed by atoms with E-state index in [1.54, 1.807) is 0 Å². The third kappa shape index (κ3) is 2.38. The molecular formula is C22H23N3O4. The van der Waals surface area contributed by atoms with Crippen molar-refractivity contribution in [2.24, 2.45) is 34.7 Å². The van der Waals surface area contributed by atoms with Crippen molar-refractivity contribution < 1.29 is 19.2 Å². The van der Waals surface area contributed by atoms with Gasteiger partial charge in [0.25, 0.3) is 0 Å². The summed E-state index contributed by atoms with van der Waals surface area (Å²) in [4.78, 5) is 33.6. The number of hydrogen-bond acceptors (Lipinski definition) is 6. The highest BCUT2D eigenvalue weighted by Gasteiger charge is 2.71. The Kier molecular flexibility index (Phi) is 3.79. The summed E-state index contributed by atoms with van der Waals surface area (Å²) in [6.45, 7) is 5.65. The average Bonchev–Trinajstić information content (AvgIpc) is 3.39. The zero-order chi connectivity index (χ0) is 20.5. The number of fused-ring (bicyclic) bond motifs is 8. The van der Waals surface area contributed by atoms with Crippen LogP contribution >= 0.6 is 0 Å². The van der Waals surface area contributed by atoms with Crippen LogP contribution in [0.15, 0.2) is 29.4 Å². The zero-order valence-corrected chi connectivity index (χ0v) is 16.7. The number of imide groups is 1. The summed E-state index contributed by atoms with van der Waals surface area (Å²) in [7, 11) is 0. The fraction of sp³-hybridized carbons (Fsp3) is 0.545. The molecular weight excluding hydrogens is 370 g/mol. The molecule has 1 aromatic rings. The molecule has 2 saturated carbocycles. The summed E-state index contributed by atoms with van der Waals surface area (Å²) in [5.74, 6) is -0.130. The number of para-hydroxylation sites is 1. The van der Waals surface area contributed by atoms with Gasteiger partial charge in [0, 0.05) is 22.9 Å². The first kappa shape index (κ1) is 18.2. The second-order valence-electron chi connectivity index (χ2n) is 9.31. The van der Waals surface area contributed by atoms with Crippen LogP contribution in [0, 0.1) is 40.9 Å². The lowest BCUT2D eigenvalue weighted by atomic mass is 9.71.